The van der Waals surface area contributed by atoms with Gasteiger partial charge in [-0.1, -0.05) is 13.8 Å². The van der Waals surface area contributed by atoms with E-state index in [-0.39, 0.29) is 10.9 Å². The standard InChI is InChI=1S/C15H24N2O3S/c1-10-6-11(2)8-13(7-10)17-21(18,19)15-9-12(16)4-5-14(15)20-3/h4-5,9-11,13,17H,6-8,16H2,1-3H3. The van der Waals surface area contributed by atoms with Gasteiger partial charge in [-0.2, -0.15) is 0 Å². The molecule has 6 heteroatoms. The van der Waals surface area contributed by atoms with Gasteiger partial charge in [0.2, 0.25) is 10.0 Å². The van der Waals surface area contributed by atoms with Crippen LogP contribution < -0.4 is 15.2 Å². The Balaban J connectivity index is 2.24. The molecule has 2 atom stereocenters. The molecule has 1 aliphatic rings. The van der Waals surface area contributed by atoms with Crippen LogP contribution in [0.25, 0.3) is 0 Å². The summed E-state index contributed by atoms with van der Waals surface area (Å²) in [7, 11) is -2.17. The van der Waals surface area contributed by atoms with Gasteiger partial charge in [-0.25, -0.2) is 13.1 Å². The Morgan fingerprint density at radius 2 is 1.81 bits per heavy atom. The molecule has 0 heterocycles. The van der Waals surface area contributed by atoms with E-state index in [1.807, 2.05) is 0 Å². The topological polar surface area (TPSA) is 81.4 Å². The molecule has 0 spiro atoms. The van der Waals surface area contributed by atoms with Gasteiger partial charge in [0.05, 0.1) is 7.11 Å². The highest BCUT2D eigenvalue weighted by Crippen LogP contribution is 2.31. The highest BCUT2D eigenvalue weighted by atomic mass is 32.2. The zero-order chi connectivity index (χ0) is 15.6. The van der Waals surface area contributed by atoms with Crippen molar-refractivity contribution in [1.82, 2.24) is 4.72 Å². The maximum absolute atomic E-state index is 12.6. The van der Waals surface area contributed by atoms with Crippen LogP contribution in [0.3, 0.4) is 0 Å². The predicted molar refractivity (Wildman–Crippen MR) is 83.7 cm³/mol. The lowest BCUT2D eigenvalue weighted by atomic mass is 9.81. The van der Waals surface area contributed by atoms with Gasteiger partial charge in [0.25, 0.3) is 0 Å². The van der Waals surface area contributed by atoms with E-state index in [0.717, 1.165) is 19.3 Å². The summed E-state index contributed by atoms with van der Waals surface area (Å²) in [5.74, 6) is 1.38. The highest BCUT2D eigenvalue weighted by molar-refractivity contribution is 7.89. The molecule has 0 amide bonds. The van der Waals surface area contributed by atoms with E-state index in [0.29, 0.717) is 23.3 Å². The lowest BCUT2D eigenvalue weighted by Crippen LogP contribution is -2.40. The monoisotopic (exact) mass is 312 g/mol. The second-order valence-electron chi connectivity index (χ2n) is 6.15. The van der Waals surface area contributed by atoms with Crippen LogP contribution in [0.15, 0.2) is 23.1 Å². The second-order valence-corrected chi connectivity index (χ2v) is 7.83. The van der Waals surface area contributed by atoms with Crippen molar-refractivity contribution >= 4 is 15.7 Å². The summed E-state index contributed by atoms with van der Waals surface area (Å²) >= 11 is 0. The first kappa shape index (κ1) is 16.1. The fourth-order valence-electron chi connectivity index (χ4n) is 3.23. The van der Waals surface area contributed by atoms with Crippen LogP contribution in [0.1, 0.15) is 33.1 Å². The van der Waals surface area contributed by atoms with Gasteiger partial charge < -0.3 is 10.5 Å². The molecular weight excluding hydrogens is 288 g/mol. The average Bonchev–Trinajstić information content (AvgIpc) is 2.36. The van der Waals surface area contributed by atoms with Crippen molar-refractivity contribution in [1.29, 1.82) is 0 Å². The highest BCUT2D eigenvalue weighted by Gasteiger charge is 2.29. The molecule has 2 unspecified atom stereocenters. The molecule has 0 radical (unpaired) electrons. The van der Waals surface area contributed by atoms with Crippen molar-refractivity contribution in [3.05, 3.63) is 18.2 Å². The summed E-state index contributed by atoms with van der Waals surface area (Å²) in [4.78, 5) is 0.107. The maximum atomic E-state index is 12.6. The number of hydrogen-bond acceptors (Lipinski definition) is 4. The Hall–Kier alpha value is -1.27. The molecule has 0 saturated heterocycles. The average molecular weight is 312 g/mol. The van der Waals surface area contributed by atoms with Gasteiger partial charge >= 0.3 is 0 Å². The number of benzene rings is 1. The van der Waals surface area contributed by atoms with Crippen molar-refractivity contribution in [3.8, 4) is 5.75 Å². The van der Waals surface area contributed by atoms with Crippen LogP contribution in [0.4, 0.5) is 5.69 Å². The lowest BCUT2D eigenvalue weighted by molar-refractivity contribution is 0.257. The number of ether oxygens (including phenoxy) is 1. The van der Waals surface area contributed by atoms with Gasteiger partial charge in [-0.3, -0.25) is 0 Å². The Kier molecular flexibility index (Phi) is 4.78. The molecule has 1 fully saturated rings. The molecule has 1 aliphatic carbocycles. The maximum Gasteiger partial charge on any atom is 0.244 e. The predicted octanol–water partition coefficient (Wildman–Crippen LogP) is 2.38. The number of sulfonamides is 1. The van der Waals surface area contributed by atoms with E-state index in [4.69, 9.17) is 10.5 Å². The molecule has 21 heavy (non-hydrogen) atoms. The minimum atomic E-state index is -3.63. The molecule has 1 aromatic rings. The summed E-state index contributed by atoms with van der Waals surface area (Å²) in [6.07, 6.45) is 2.89. The third kappa shape index (κ3) is 3.89. The van der Waals surface area contributed by atoms with Gasteiger partial charge in [0, 0.05) is 11.7 Å². The summed E-state index contributed by atoms with van der Waals surface area (Å²) in [6, 6.07) is 4.62. The third-order valence-electron chi connectivity index (χ3n) is 3.98. The lowest BCUT2D eigenvalue weighted by Gasteiger charge is -2.31. The van der Waals surface area contributed by atoms with Gasteiger partial charge in [-0.15, -0.1) is 0 Å². The van der Waals surface area contributed by atoms with E-state index < -0.39 is 10.0 Å². The van der Waals surface area contributed by atoms with Crippen molar-refractivity contribution in [2.24, 2.45) is 11.8 Å². The van der Waals surface area contributed by atoms with Crippen LogP contribution >= 0.6 is 0 Å². The van der Waals surface area contributed by atoms with Crippen molar-refractivity contribution < 1.29 is 13.2 Å². The molecular formula is C15H24N2O3S. The van der Waals surface area contributed by atoms with Gasteiger partial charge in [-0.05, 0) is 49.3 Å². The molecule has 1 aromatic carbocycles. The van der Waals surface area contributed by atoms with E-state index >= 15 is 0 Å². The third-order valence-corrected chi connectivity index (χ3v) is 5.52. The minimum absolute atomic E-state index is 0.0279. The van der Waals surface area contributed by atoms with Crippen molar-refractivity contribution in [3.63, 3.8) is 0 Å². The molecule has 0 bridgehead atoms. The zero-order valence-corrected chi connectivity index (χ0v) is 13.6. The van der Waals surface area contributed by atoms with Crippen molar-refractivity contribution in [2.45, 2.75) is 44.0 Å². The summed E-state index contributed by atoms with van der Waals surface area (Å²) in [5.41, 5.74) is 6.11. The summed E-state index contributed by atoms with van der Waals surface area (Å²) < 4.78 is 33.2. The van der Waals surface area contributed by atoms with E-state index in [9.17, 15) is 8.42 Å². The smallest absolute Gasteiger partial charge is 0.244 e. The second kappa shape index (κ2) is 6.23. The number of nitrogen functional groups attached to an aromatic ring is 1. The number of nitrogens with one attached hydrogen (secondary N) is 1. The van der Waals surface area contributed by atoms with Crippen LogP contribution in [-0.2, 0) is 10.0 Å². The van der Waals surface area contributed by atoms with Gasteiger partial charge in [0.1, 0.15) is 10.6 Å². The normalized spacial score (nSPS) is 26.5. The molecule has 2 rings (SSSR count). The van der Waals surface area contributed by atoms with E-state index in [1.54, 1.807) is 12.1 Å². The SMILES string of the molecule is COc1ccc(N)cc1S(=O)(=O)NC1CC(C)CC(C)C1. The molecule has 118 valence electrons. The number of methoxy groups -OCH3 is 1. The molecule has 3 N–H and O–H groups in total. The summed E-state index contributed by atoms with van der Waals surface area (Å²) in [6.45, 7) is 4.33. The molecule has 0 aliphatic heterocycles. The first-order valence-electron chi connectivity index (χ1n) is 7.27. The number of rotatable bonds is 4. The number of hydrogen-bond donors (Lipinski definition) is 2. The number of nitrogens with two attached hydrogens (primary N) is 1. The zero-order valence-electron chi connectivity index (χ0n) is 12.8. The largest absolute Gasteiger partial charge is 0.495 e. The van der Waals surface area contributed by atoms with Crippen LogP contribution in [0, 0.1) is 11.8 Å². The molecule has 1 saturated carbocycles. The quantitative estimate of drug-likeness (QED) is 0.836. The Morgan fingerprint density at radius 1 is 1.19 bits per heavy atom. The Bertz CT molecular complexity index is 591. The van der Waals surface area contributed by atoms with Crippen LogP contribution in [0.5, 0.6) is 5.75 Å². The van der Waals surface area contributed by atoms with Gasteiger partial charge in [0.15, 0.2) is 0 Å². The fourth-order valence-corrected chi connectivity index (χ4v) is 4.70. The Morgan fingerprint density at radius 3 is 2.38 bits per heavy atom. The van der Waals surface area contributed by atoms with E-state index in [2.05, 4.69) is 18.6 Å². The molecule has 0 aromatic heterocycles. The number of anilines is 1. The van der Waals surface area contributed by atoms with Crippen LogP contribution in [-0.4, -0.2) is 21.6 Å². The fraction of sp³-hybridized carbons (Fsp3) is 0.600. The van der Waals surface area contributed by atoms with Crippen molar-refractivity contribution in [2.75, 3.05) is 12.8 Å². The molecule has 5 nitrogen and oxygen atoms in total. The summed E-state index contributed by atoms with van der Waals surface area (Å²) in [5, 5.41) is 0. The minimum Gasteiger partial charge on any atom is -0.495 e. The Labute approximate surface area is 126 Å². The van der Waals surface area contributed by atoms with E-state index in [1.165, 1.54) is 13.2 Å². The van der Waals surface area contributed by atoms with Crippen LogP contribution in [0.2, 0.25) is 0 Å². The first-order chi connectivity index (χ1) is 9.81. The first-order valence-corrected chi connectivity index (χ1v) is 8.76.